The van der Waals surface area contributed by atoms with Crippen molar-refractivity contribution in [3.63, 3.8) is 0 Å². The van der Waals surface area contributed by atoms with Crippen LogP contribution in [-0.2, 0) is 12.8 Å². The van der Waals surface area contributed by atoms with Crippen molar-refractivity contribution in [2.75, 3.05) is 14.2 Å². The summed E-state index contributed by atoms with van der Waals surface area (Å²) in [4.78, 5) is 25.8. The van der Waals surface area contributed by atoms with Crippen molar-refractivity contribution in [3.05, 3.63) is 44.6 Å². The Balaban J connectivity index is 1.77. The molecule has 8 heteroatoms. The third-order valence-electron chi connectivity index (χ3n) is 4.62. The fraction of sp³-hybridized carbons (Fsp3) is 0.350. The van der Waals surface area contributed by atoms with Crippen LogP contribution in [0.15, 0.2) is 23.3 Å². The molecule has 1 aliphatic carbocycles. The van der Waals surface area contributed by atoms with Crippen LogP contribution in [0.1, 0.15) is 55.3 Å². The van der Waals surface area contributed by atoms with Crippen molar-refractivity contribution < 1.29 is 24.2 Å². The van der Waals surface area contributed by atoms with Crippen molar-refractivity contribution in [1.82, 2.24) is 5.43 Å². The predicted octanol–water partition coefficient (Wildman–Crippen LogP) is 2.16. The number of amides is 1. The van der Waals surface area contributed by atoms with E-state index in [0.29, 0.717) is 4.88 Å². The van der Waals surface area contributed by atoms with Gasteiger partial charge < -0.3 is 19.4 Å². The van der Waals surface area contributed by atoms with Crippen molar-refractivity contribution in [2.45, 2.75) is 32.1 Å². The average molecular weight is 401 g/mol. The number of ether oxygens (including phenoxy) is 2. The molecule has 0 atom stereocenters. The van der Waals surface area contributed by atoms with Crippen molar-refractivity contribution in [3.8, 4) is 11.5 Å². The number of thiophene rings is 1. The Bertz CT molecular complexity index is 896. The Morgan fingerprint density at radius 1 is 1.18 bits per heavy atom. The first-order valence-corrected chi connectivity index (χ1v) is 9.78. The number of hydrazone groups is 1. The molecule has 28 heavy (non-hydrogen) atoms. The molecular weight excluding hydrogens is 380 g/mol. The van der Waals surface area contributed by atoms with Crippen molar-refractivity contribution in [1.29, 1.82) is 0 Å². The number of hydrogen-bond acceptors (Lipinski definition) is 7. The number of hydrogen-bond donors (Lipinski definition) is 1. The molecule has 1 N–H and O–H groups in total. The van der Waals surface area contributed by atoms with Gasteiger partial charge in [-0.25, -0.2) is 5.43 Å². The van der Waals surface area contributed by atoms with Gasteiger partial charge in [0, 0.05) is 10.4 Å². The van der Waals surface area contributed by atoms with E-state index < -0.39 is 5.97 Å². The smallest absolute Gasteiger partial charge is 0.281 e. The van der Waals surface area contributed by atoms with Crippen LogP contribution in [0.2, 0.25) is 0 Å². The van der Waals surface area contributed by atoms with E-state index in [-0.39, 0.29) is 28.5 Å². The highest BCUT2D eigenvalue weighted by atomic mass is 32.1. The summed E-state index contributed by atoms with van der Waals surface area (Å²) in [5, 5.41) is 15.4. The number of carbonyl (C=O) groups excluding carboxylic acids is 2. The largest absolute Gasteiger partial charge is 0.545 e. The summed E-state index contributed by atoms with van der Waals surface area (Å²) in [6.07, 6.45) is 6.79. The first-order valence-electron chi connectivity index (χ1n) is 8.96. The molecule has 1 heterocycles. The maximum atomic E-state index is 12.4. The van der Waals surface area contributed by atoms with Gasteiger partial charge in [0.25, 0.3) is 5.91 Å². The molecule has 1 amide bonds. The number of fused-ring (bicyclic) bond motifs is 1. The molecule has 7 nitrogen and oxygen atoms in total. The minimum Gasteiger partial charge on any atom is -0.545 e. The minimum atomic E-state index is -1.43. The lowest BCUT2D eigenvalue weighted by atomic mass is 10.1. The van der Waals surface area contributed by atoms with Crippen molar-refractivity contribution >= 4 is 29.4 Å². The van der Waals surface area contributed by atoms with Crippen LogP contribution in [-0.4, -0.2) is 32.3 Å². The summed E-state index contributed by atoms with van der Waals surface area (Å²) in [5.41, 5.74) is 3.75. The van der Waals surface area contributed by atoms with Gasteiger partial charge in [0.05, 0.1) is 36.8 Å². The van der Waals surface area contributed by atoms with Crippen LogP contribution < -0.4 is 20.0 Å². The van der Waals surface area contributed by atoms with Crippen LogP contribution in [0, 0.1) is 0 Å². The molecule has 148 valence electrons. The fourth-order valence-electron chi connectivity index (χ4n) is 3.26. The lowest BCUT2D eigenvalue weighted by Crippen LogP contribution is -2.25. The van der Waals surface area contributed by atoms with E-state index in [1.807, 2.05) is 6.07 Å². The van der Waals surface area contributed by atoms with Crippen LogP contribution >= 0.6 is 11.3 Å². The first kappa shape index (κ1) is 19.9. The average Bonchev–Trinajstić information content (AvgIpc) is 2.97. The standard InChI is InChI=1S/C20H22N2O5S/c1-26-14-9-8-13(17(20(24)25)18(14)27-2)11-21-22-19(23)16-10-12-6-4-3-5-7-15(12)28-16/h8-11H,3-7H2,1-2H3,(H,22,23)(H,24,25)/p-1/b21-11-. The molecular formula is C20H21N2O5S-. The second-order valence-electron chi connectivity index (χ2n) is 6.37. The second kappa shape index (κ2) is 8.88. The summed E-state index contributed by atoms with van der Waals surface area (Å²) >= 11 is 1.50. The normalized spacial score (nSPS) is 13.6. The van der Waals surface area contributed by atoms with Gasteiger partial charge in [0.2, 0.25) is 0 Å². The summed E-state index contributed by atoms with van der Waals surface area (Å²) in [6.45, 7) is 0. The van der Waals surface area contributed by atoms with Crippen molar-refractivity contribution in [2.24, 2.45) is 5.10 Å². The Hall–Kier alpha value is -2.87. The van der Waals surface area contributed by atoms with Gasteiger partial charge in [-0.15, -0.1) is 11.3 Å². The SMILES string of the molecule is COc1ccc(/C=N\NC(=O)c2cc3c(s2)CCCCC3)c(C(=O)[O-])c1OC. The van der Waals surface area contributed by atoms with E-state index >= 15 is 0 Å². The molecule has 1 aromatic carbocycles. The van der Waals surface area contributed by atoms with E-state index in [4.69, 9.17) is 9.47 Å². The maximum Gasteiger partial charge on any atom is 0.281 e. The number of aryl methyl sites for hydroxylation is 2. The molecule has 0 saturated heterocycles. The summed E-state index contributed by atoms with van der Waals surface area (Å²) in [7, 11) is 2.75. The molecule has 0 saturated carbocycles. The van der Waals surface area contributed by atoms with Crippen LogP contribution in [0.3, 0.4) is 0 Å². The van der Waals surface area contributed by atoms with Gasteiger partial charge in [-0.1, -0.05) is 6.42 Å². The number of aromatic carboxylic acids is 1. The summed E-state index contributed by atoms with van der Waals surface area (Å²) in [5.74, 6) is -1.43. The van der Waals surface area contributed by atoms with Gasteiger partial charge in [-0.3, -0.25) is 4.79 Å². The molecule has 0 bridgehead atoms. The number of rotatable bonds is 6. The third kappa shape index (κ3) is 4.17. The van der Waals surface area contributed by atoms with Crippen LogP contribution in [0.4, 0.5) is 0 Å². The molecule has 0 aliphatic heterocycles. The van der Waals surface area contributed by atoms with Gasteiger partial charge in [0.1, 0.15) is 0 Å². The van der Waals surface area contributed by atoms with Gasteiger partial charge in [0.15, 0.2) is 11.5 Å². The van der Waals surface area contributed by atoms with Gasteiger partial charge in [-0.2, -0.15) is 5.10 Å². The highest BCUT2D eigenvalue weighted by Crippen LogP contribution is 2.32. The quantitative estimate of drug-likeness (QED) is 0.454. The molecule has 0 fully saturated rings. The van der Waals surface area contributed by atoms with Gasteiger partial charge >= 0.3 is 0 Å². The molecule has 2 aromatic rings. The number of carboxylic acids is 1. The van der Waals surface area contributed by atoms with Crippen LogP contribution in [0.5, 0.6) is 11.5 Å². The molecule has 1 aromatic heterocycles. The minimum absolute atomic E-state index is 0.0415. The number of carboxylic acid groups (broad SMARTS) is 1. The number of nitrogens with zero attached hydrogens (tertiary/aromatic N) is 1. The number of benzene rings is 1. The molecule has 0 unspecified atom stereocenters. The zero-order valence-electron chi connectivity index (χ0n) is 15.7. The third-order valence-corrected chi connectivity index (χ3v) is 5.86. The lowest BCUT2D eigenvalue weighted by Gasteiger charge is -2.15. The highest BCUT2D eigenvalue weighted by Gasteiger charge is 2.17. The van der Waals surface area contributed by atoms with E-state index in [1.54, 1.807) is 6.07 Å². The van der Waals surface area contributed by atoms with Gasteiger partial charge in [-0.05, 0) is 49.4 Å². The molecule has 0 spiro atoms. The summed E-state index contributed by atoms with van der Waals surface area (Å²) < 4.78 is 10.2. The van der Waals surface area contributed by atoms with Crippen LogP contribution in [0.25, 0.3) is 0 Å². The highest BCUT2D eigenvalue weighted by molar-refractivity contribution is 7.14. The van der Waals surface area contributed by atoms with E-state index in [2.05, 4.69) is 10.5 Å². The number of nitrogens with one attached hydrogen (secondary N) is 1. The summed E-state index contributed by atoms with van der Waals surface area (Å²) in [6, 6.07) is 5.00. The van der Waals surface area contributed by atoms with E-state index in [1.165, 1.54) is 54.7 Å². The Morgan fingerprint density at radius 3 is 2.68 bits per heavy atom. The maximum absolute atomic E-state index is 12.4. The Labute approximate surface area is 167 Å². The number of methoxy groups -OCH3 is 2. The molecule has 0 radical (unpaired) electrons. The first-order chi connectivity index (χ1) is 13.5. The van der Waals surface area contributed by atoms with E-state index in [9.17, 15) is 14.7 Å². The predicted molar refractivity (Wildman–Crippen MR) is 105 cm³/mol. The zero-order chi connectivity index (χ0) is 20.1. The number of carbonyl (C=O) groups is 2. The second-order valence-corrected chi connectivity index (χ2v) is 7.51. The Kier molecular flexibility index (Phi) is 6.30. The fourth-order valence-corrected chi connectivity index (χ4v) is 4.40. The topological polar surface area (TPSA) is 100 Å². The molecule has 3 rings (SSSR count). The zero-order valence-corrected chi connectivity index (χ0v) is 16.6. The van der Waals surface area contributed by atoms with E-state index in [0.717, 1.165) is 25.7 Å². The Morgan fingerprint density at radius 2 is 1.96 bits per heavy atom. The molecule has 1 aliphatic rings. The lowest BCUT2D eigenvalue weighted by molar-refractivity contribution is -0.255. The monoisotopic (exact) mass is 401 g/mol.